The Bertz CT molecular complexity index is 1660. The van der Waals surface area contributed by atoms with Crippen molar-refractivity contribution in [1.82, 2.24) is 14.5 Å². The van der Waals surface area contributed by atoms with E-state index in [2.05, 4.69) is 9.47 Å². The van der Waals surface area contributed by atoms with Crippen molar-refractivity contribution in [1.29, 1.82) is 0 Å². The molecule has 214 valence electrons. The monoisotopic (exact) mass is 568 g/mol. The zero-order chi connectivity index (χ0) is 29.1. The van der Waals surface area contributed by atoms with E-state index in [1.165, 1.54) is 0 Å². The fraction of sp³-hybridized carbons (Fsp3) is 0.235. The van der Waals surface area contributed by atoms with Gasteiger partial charge in [0.15, 0.2) is 0 Å². The molecule has 0 saturated carbocycles. The molecule has 0 atom stereocenters. The molecule has 0 spiro atoms. The molecule has 1 aliphatic heterocycles. The minimum absolute atomic E-state index is 0.231. The summed E-state index contributed by atoms with van der Waals surface area (Å²) in [6, 6.07) is 34.0. The first-order valence-corrected chi connectivity index (χ1v) is 14.1. The Kier molecular flexibility index (Phi) is 7.80. The Morgan fingerprint density at radius 3 is 2.07 bits per heavy atom. The summed E-state index contributed by atoms with van der Waals surface area (Å²) in [5.41, 5.74) is 4.84. The highest BCUT2D eigenvalue weighted by Crippen LogP contribution is 2.34. The van der Waals surface area contributed by atoms with Gasteiger partial charge in [-0.2, -0.15) is 13.2 Å². The molecule has 42 heavy (non-hydrogen) atoms. The molecular formula is C34H31F3N4O. The molecule has 2 heterocycles. The van der Waals surface area contributed by atoms with Crippen LogP contribution in [0.2, 0.25) is 0 Å². The number of carbonyl (C=O) groups is 1. The Morgan fingerprint density at radius 1 is 0.786 bits per heavy atom. The summed E-state index contributed by atoms with van der Waals surface area (Å²) in [5.74, 6) is -1.20. The number of aromatic nitrogens is 2. The van der Waals surface area contributed by atoms with Gasteiger partial charge < -0.3 is 9.47 Å². The summed E-state index contributed by atoms with van der Waals surface area (Å²) in [5, 5.41) is 0. The summed E-state index contributed by atoms with van der Waals surface area (Å²) in [4.78, 5) is 21.0. The van der Waals surface area contributed by atoms with Crippen molar-refractivity contribution in [2.75, 3.05) is 18.0 Å². The standard InChI is InChI=1S/C34H31F3N4O/c35-34(36,37)33(42)41(28-18-20-39(21-19-28)23-25-10-3-1-4-11-25)29-15-9-14-27(22-29)32-38-30-16-7-8-17-31(30)40(32)24-26-12-5-2-6-13-26/h1-17,22,28H,18-21,23-24H2. The quantitative estimate of drug-likeness (QED) is 0.207. The molecule has 8 heteroatoms. The van der Waals surface area contributed by atoms with Crippen molar-refractivity contribution >= 4 is 22.6 Å². The third-order valence-corrected chi connectivity index (χ3v) is 7.85. The van der Waals surface area contributed by atoms with E-state index < -0.39 is 18.1 Å². The minimum atomic E-state index is -4.99. The molecule has 1 aliphatic rings. The van der Waals surface area contributed by atoms with Gasteiger partial charge >= 0.3 is 12.1 Å². The molecule has 4 aromatic carbocycles. The summed E-state index contributed by atoms with van der Waals surface area (Å²) in [7, 11) is 0. The van der Waals surface area contributed by atoms with Gasteiger partial charge in [-0.25, -0.2) is 4.98 Å². The van der Waals surface area contributed by atoms with Gasteiger partial charge in [0.25, 0.3) is 0 Å². The van der Waals surface area contributed by atoms with Gasteiger partial charge in [-0.05, 0) is 48.2 Å². The lowest BCUT2D eigenvalue weighted by Gasteiger charge is -2.39. The van der Waals surface area contributed by atoms with Gasteiger partial charge in [0.2, 0.25) is 0 Å². The molecule has 0 unspecified atom stereocenters. The number of benzene rings is 4. The summed E-state index contributed by atoms with van der Waals surface area (Å²) >= 11 is 0. The Labute approximate surface area is 242 Å². The average Bonchev–Trinajstić information content (AvgIpc) is 3.37. The number of amides is 1. The van der Waals surface area contributed by atoms with Gasteiger partial charge in [-0.3, -0.25) is 9.69 Å². The van der Waals surface area contributed by atoms with Crippen molar-refractivity contribution in [3.63, 3.8) is 0 Å². The molecule has 6 rings (SSSR count). The Morgan fingerprint density at radius 2 is 1.40 bits per heavy atom. The number of fused-ring (bicyclic) bond motifs is 1. The highest BCUT2D eigenvalue weighted by atomic mass is 19.4. The number of likely N-dealkylation sites (tertiary alicyclic amines) is 1. The van der Waals surface area contributed by atoms with Crippen LogP contribution in [0.5, 0.6) is 0 Å². The molecule has 1 amide bonds. The molecule has 1 fully saturated rings. The molecule has 0 bridgehead atoms. The summed E-state index contributed by atoms with van der Waals surface area (Å²) in [6.45, 7) is 2.49. The van der Waals surface area contributed by atoms with Gasteiger partial charge in [-0.15, -0.1) is 0 Å². The van der Waals surface area contributed by atoms with Crippen LogP contribution in [0.4, 0.5) is 18.9 Å². The fourth-order valence-corrected chi connectivity index (χ4v) is 5.82. The maximum Gasteiger partial charge on any atom is 0.471 e. The van der Waals surface area contributed by atoms with Crippen molar-refractivity contribution in [3.05, 3.63) is 120 Å². The van der Waals surface area contributed by atoms with Crippen molar-refractivity contribution in [3.8, 4) is 11.4 Å². The molecule has 1 saturated heterocycles. The van der Waals surface area contributed by atoms with E-state index in [1.807, 2.05) is 91.0 Å². The third kappa shape index (κ3) is 5.94. The third-order valence-electron chi connectivity index (χ3n) is 7.85. The zero-order valence-electron chi connectivity index (χ0n) is 23.0. The van der Waals surface area contributed by atoms with Crippen molar-refractivity contribution in [2.45, 2.75) is 38.1 Å². The van der Waals surface area contributed by atoms with Crippen LogP contribution in [0.15, 0.2) is 109 Å². The topological polar surface area (TPSA) is 41.4 Å². The van der Waals surface area contributed by atoms with Crippen LogP contribution in [0, 0.1) is 0 Å². The molecule has 1 aromatic heterocycles. The van der Waals surface area contributed by atoms with Gasteiger partial charge in [-0.1, -0.05) is 84.9 Å². The van der Waals surface area contributed by atoms with Crippen molar-refractivity contribution < 1.29 is 18.0 Å². The number of nitrogens with zero attached hydrogens (tertiary/aromatic N) is 4. The normalized spacial score (nSPS) is 14.7. The van der Waals surface area contributed by atoms with E-state index in [-0.39, 0.29) is 5.69 Å². The number of halogens is 3. The number of para-hydroxylation sites is 2. The predicted molar refractivity (Wildman–Crippen MR) is 159 cm³/mol. The van der Waals surface area contributed by atoms with E-state index in [0.29, 0.717) is 43.9 Å². The Balaban J connectivity index is 1.32. The molecule has 5 aromatic rings. The van der Waals surface area contributed by atoms with Crippen LogP contribution in [0.25, 0.3) is 22.4 Å². The van der Waals surface area contributed by atoms with Gasteiger partial charge in [0, 0.05) is 43.5 Å². The van der Waals surface area contributed by atoms with E-state index in [4.69, 9.17) is 4.98 Å². The number of imidazole rings is 1. The maximum absolute atomic E-state index is 14.0. The summed E-state index contributed by atoms with van der Waals surface area (Å²) < 4.78 is 43.9. The van der Waals surface area contributed by atoms with E-state index in [9.17, 15) is 18.0 Å². The molecular weight excluding hydrogens is 537 g/mol. The molecule has 0 radical (unpaired) electrons. The van der Waals surface area contributed by atoms with Crippen LogP contribution in [-0.4, -0.2) is 45.7 Å². The van der Waals surface area contributed by atoms with E-state index in [0.717, 1.165) is 33.6 Å². The van der Waals surface area contributed by atoms with Gasteiger partial charge in [0.05, 0.1) is 11.0 Å². The first-order valence-electron chi connectivity index (χ1n) is 14.1. The smallest absolute Gasteiger partial charge is 0.319 e. The SMILES string of the molecule is O=C(N(c1cccc(-c2nc3ccccc3n2Cc2ccccc2)c1)C1CCN(Cc2ccccc2)CC1)C(F)(F)F. The summed E-state index contributed by atoms with van der Waals surface area (Å²) in [6.07, 6.45) is -4.09. The van der Waals surface area contributed by atoms with Crippen LogP contribution in [-0.2, 0) is 17.9 Å². The molecule has 0 N–H and O–H groups in total. The van der Waals surface area contributed by atoms with Crippen LogP contribution < -0.4 is 4.90 Å². The number of hydrogen-bond acceptors (Lipinski definition) is 3. The van der Waals surface area contributed by atoms with Crippen LogP contribution in [0.1, 0.15) is 24.0 Å². The van der Waals surface area contributed by atoms with E-state index >= 15 is 0 Å². The highest BCUT2D eigenvalue weighted by molar-refractivity contribution is 5.98. The number of piperidine rings is 1. The Hall–Kier alpha value is -4.43. The fourth-order valence-electron chi connectivity index (χ4n) is 5.82. The molecule has 5 nitrogen and oxygen atoms in total. The number of anilines is 1. The first-order chi connectivity index (χ1) is 20.4. The number of alkyl halides is 3. The first kappa shape index (κ1) is 27.7. The maximum atomic E-state index is 14.0. The van der Waals surface area contributed by atoms with E-state index in [1.54, 1.807) is 18.2 Å². The lowest BCUT2D eigenvalue weighted by Crippen LogP contribution is -2.51. The number of carbonyl (C=O) groups excluding carboxylic acids is 1. The number of rotatable bonds is 7. The second kappa shape index (κ2) is 11.8. The lowest BCUT2D eigenvalue weighted by molar-refractivity contribution is -0.171. The zero-order valence-corrected chi connectivity index (χ0v) is 23.0. The second-order valence-electron chi connectivity index (χ2n) is 10.7. The van der Waals surface area contributed by atoms with Gasteiger partial charge in [0.1, 0.15) is 5.82 Å². The predicted octanol–water partition coefficient (Wildman–Crippen LogP) is 7.31. The largest absolute Gasteiger partial charge is 0.471 e. The van der Waals surface area contributed by atoms with Crippen LogP contribution >= 0.6 is 0 Å². The minimum Gasteiger partial charge on any atom is -0.319 e. The second-order valence-corrected chi connectivity index (χ2v) is 10.7. The van der Waals surface area contributed by atoms with Crippen LogP contribution in [0.3, 0.4) is 0 Å². The molecule has 0 aliphatic carbocycles. The average molecular weight is 569 g/mol. The van der Waals surface area contributed by atoms with Crippen molar-refractivity contribution in [2.24, 2.45) is 0 Å². The lowest BCUT2D eigenvalue weighted by atomic mass is 10.0. The number of hydrogen-bond donors (Lipinski definition) is 0. The highest BCUT2D eigenvalue weighted by Gasteiger charge is 2.45.